The zero-order chi connectivity index (χ0) is 11.9. The first-order valence-electron chi connectivity index (χ1n) is 6.21. The Labute approximate surface area is 98.3 Å². The van der Waals surface area contributed by atoms with Crippen molar-refractivity contribution in [1.82, 2.24) is 4.98 Å². The summed E-state index contributed by atoms with van der Waals surface area (Å²) in [6.07, 6.45) is 5.36. The summed E-state index contributed by atoms with van der Waals surface area (Å²) < 4.78 is 0. The summed E-state index contributed by atoms with van der Waals surface area (Å²) in [5.41, 5.74) is 11.5. The Morgan fingerprint density at radius 2 is 2.12 bits per heavy atom. The molecule has 1 atom stereocenters. The van der Waals surface area contributed by atoms with Crippen LogP contribution in [0.25, 0.3) is 0 Å². The third kappa shape index (κ3) is 1.75. The molecule has 0 saturated carbocycles. The number of aromatic nitrogens is 1. The minimum absolute atomic E-state index is 0.185. The van der Waals surface area contributed by atoms with Crippen molar-refractivity contribution in [3.05, 3.63) is 28.6 Å². The van der Waals surface area contributed by atoms with Crippen molar-refractivity contribution in [2.24, 2.45) is 5.73 Å². The fraction of sp³-hybridized carbons (Fsp3) is 0.643. The molecule has 1 heterocycles. The van der Waals surface area contributed by atoms with E-state index in [1.807, 2.05) is 6.20 Å². The SMILES string of the molecule is Cc1c(C(C)C)cnc2c1C(C)(N)CCC2. The molecule has 88 valence electrons. The predicted octanol–water partition coefficient (Wildman–Crippen LogP) is 3.02. The maximum atomic E-state index is 6.42. The Kier molecular flexibility index (Phi) is 2.79. The number of nitrogens with zero attached hydrogens (tertiary/aromatic N) is 1. The molecule has 0 amide bonds. The lowest BCUT2D eigenvalue weighted by Crippen LogP contribution is -2.38. The Morgan fingerprint density at radius 3 is 2.75 bits per heavy atom. The van der Waals surface area contributed by atoms with Crippen LogP contribution in [-0.2, 0) is 12.0 Å². The van der Waals surface area contributed by atoms with Crippen LogP contribution < -0.4 is 5.73 Å². The van der Waals surface area contributed by atoms with Crippen LogP contribution in [0.5, 0.6) is 0 Å². The van der Waals surface area contributed by atoms with Crippen molar-refractivity contribution in [2.45, 2.75) is 58.4 Å². The van der Waals surface area contributed by atoms with Crippen LogP contribution in [0.15, 0.2) is 6.20 Å². The zero-order valence-corrected chi connectivity index (χ0v) is 10.8. The molecule has 2 rings (SSSR count). The summed E-state index contributed by atoms with van der Waals surface area (Å²) in [4.78, 5) is 4.62. The Morgan fingerprint density at radius 1 is 1.44 bits per heavy atom. The number of fused-ring (bicyclic) bond motifs is 1. The molecule has 1 unspecified atom stereocenters. The highest BCUT2D eigenvalue weighted by atomic mass is 14.8. The van der Waals surface area contributed by atoms with Crippen molar-refractivity contribution < 1.29 is 0 Å². The molecule has 0 radical (unpaired) electrons. The largest absolute Gasteiger partial charge is 0.322 e. The first-order valence-corrected chi connectivity index (χ1v) is 6.21. The molecule has 0 saturated heterocycles. The van der Waals surface area contributed by atoms with Gasteiger partial charge in [0.2, 0.25) is 0 Å². The summed E-state index contributed by atoms with van der Waals surface area (Å²) in [5, 5.41) is 0. The number of nitrogens with two attached hydrogens (primary N) is 1. The Hall–Kier alpha value is -0.890. The average molecular weight is 218 g/mol. The van der Waals surface area contributed by atoms with E-state index in [0.29, 0.717) is 5.92 Å². The van der Waals surface area contributed by atoms with Gasteiger partial charge in [0.1, 0.15) is 0 Å². The molecule has 0 bridgehead atoms. The van der Waals surface area contributed by atoms with Gasteiger partial charge in [-0.2, -0.15) is 0 Å². The molecular formula is C14H22N2. The van der Waals surface area contributed by atoms with Gasteiger partial charge in [0, 0.05) is 17.4 Å². The quantitative estimate of drug-likeness (QED) is 0.787. The number of aryl methyl sites for hydroxylation is 1. The van der Waals surface area contributed by atoms with Gasteiger partial charge >= 0.3 is 0 Å². The van der Waals surface area contributed by atoms with Crippen LogP contribution in [0.4, 0.5) is 0 Å². The maximum Gasteiger partial charge on any atom is 0.0456 e. The van der Waals surface area contributed by atoms with Crippen LogP contribution in [0.1, 0.15) is 61.9 Å². The van der Waals surface area contributed by atoms with E-state index in [9.17, 15) is 0 Å². The van der Waals surface area contributed by atoms with E-state index < -0.39 is 0 Å². The smallest absolute Gasteiger partial charge is 0.0456 e. The van der Waals surface area contributed by atoms with Crippen LogP contribution in [0, 0.1) is 6.92 Å². The van der Waals surface area contributed by atoms with Crippen LogP contribution in [0.2, 0.25) is 0 Å². The molecule has 0 aromatic carbocycles. The summed E-state index contributed by atoms with van der Waals surface area (Å²) in [5.74, 6) is 0.524. The molecule has 0 aliphatic heterocycles. The van der Waals surface area contributed by atoms with E-state index in [1.54, 1.807) is 0 Å². The predicted molar refractivity (Wildman–Crippen MR) is 67.5 cm³/mol. The van der Waals surface area contributed by atoms with Gasteiger partial charge in [-0.15, -0.1) is 0 Å². The average Bonchev–Trinajstić information content (AvgIpc) is 2.15. The first kappa shape index (κ1) is 11.6. The fourth-order valence-electron chi connectivity index (χ4n) is 2.95. The molecule has 1 aliphatic carbocycles. The van der Waals surface area contributed by atoms with Gasteiger partial charge in [-0.3, -0.25) is 4.98 Å². The minimum atomic E-state index is -0.185. The van der Waals surface area contributed by atoms with Gasteiger partial charge in [-0.05, 0) is 55.7 Å². The Balaban J connectivity index is 2.62. The standard InChI is InChI=1S/C14H22N2/c1-9(2)11-8-16-12-6-5-7-14(4,15)13(12)10(11)3/h8-9H,5-7,15H2,1-4H3. The molecule has 2 heteroatoms. The highest BCUT2D eigenvalue weighted by Crippen LogP contribution is 2.36. The number of hydrogen-bond donors (Lipinski definition) is 1. The highest BCUT2D eigenvalue weighted by Gasteiger charge is 2.31. The second kappa shape index (κ2) is 3.85. The van der Waals surface area contributed by atoms with E-state index in [-0.39, 0.29) is 5.54 Å². The number of pyridine rings is 1. The van der Waals surface area contributed by atoms with Gasteiger partial charge in [0.15, 0.2) is 0 Å². The third-order valence-electron chi connectivity index (χ3n) is 3.76. The van der Waals surface area contributed by atoms with Gasteiger partial charge in [0.05, 0.1) is 0 Å². The minimum Gasteiger partial charge on any atom is -0.322 e. The molecule has 2 nitrogen and oxygen atoms in total. The molecule has 0 spiro atoms. The molecule has 2 N–H and O–H groups in total. The van der Waals surface area contributed by atoms with Crippen molar-refractivity contribution in [3.63, 3.8) is 0 Å². The molecule has 1 aromatic heterocycles. The fourth-order valence-corrected chi connectivity index (χ4v) is 2.95. The molecule has 0 fully saturated rings. The van der Waals surface area contributed by atoms with Crippen LogP contribution >= 0.6 is 0 Å². The lowest BCUT2D eigenvalue weighted by molar-refractivity contribution is 0.401. The summed E-state index contributed by atoms with van der Waals surface area (Å²) in [6, 6.07) is 0. The van der Waals surface area contributed by atoms with E-state index in [1.165, 1.54) is 22.4 Å². The third-order valence-corrected chi connectivity index (χ3v) is 3.76. The lowest BCUT2D eigenvalue weighted by atomic mass is 9.77. The molecule has 1 aromatic rings. The topological polar surface area (TPSA) is 38.9 Å². The molecular weight excluding hydrogens is 196 g/mol. The number of rotatable bonds is 1. The summed E-state index contributed by atoms with van der Waals surface area (Å²) in [6.45, 7) is 8.77. The second-order valence-electron chi connectivity index (χ2n) is 5.59. The van der Waals surface area contributed by atoms with Gasteiger partial charge in [-0.25, -0.2) is 0 Å². The Bertz CT molecular complexity index is 405. The van der Waals surface area contributed by atoms with Crippen molar-refractivity contribution in [1.29, 1.82) is 0 Å². The van der Waals surface area contributed by atoms with E-state index in [2.05, 4.69) is 32.7 Å². The van der Waals surface area contributed by atoms with Crippen molar-refractivity contribution in [2.75, 3.05) is 0 Å². The maximum absolute atomic E-state index is 6.42. The van der Waals surface area contributed by atoms with Gasteiger partial charge < -0.3 is 5.73 Å². The van der Waals surface area contributed by atoms with E-state index >= 15 is 0 Å². The van der Waals surface area contributed by atoms with Crippen molar-refractivity contribution >= 4 is 0 Å². The zero-order valence-electron chi connectivity index (χ0n) is 10.8. The normalized spacial score (nSPS) is 24.6. The van der Waals surface area contributed by atoms with E-state index in [4.69, 9.17) is 5.73 Å². The summed E-state index contributed by atoms with van der Waals surface area (Å²) >= 11 is 0. The molecule has 1 aliphatic rings. The molecule has 16 heavy (non-hydrogen) atoms. The lowest BCUT2D eigenvalue weighted by Gasteiger charge is -2.34. The second-order valence-corrected chi connectivity index (χ2v) is 5.59. The first-order chi connectivity index (χ1) is 7.43. The monoisotopic (exact) mass is 218 g/mol. The summed E-state index contributed by atoms with van der Waals surface area (Å²) in [7, 11) is 0. The van der Waals surface area contributed by atoms with Crippen molar-refractivity contribution in [3.8, 4) is 0 Å². The number of hydrogen-bond acceptors (Lipinski definition) is 2. The van der Waals surface area contributed by atoms with Gasteiger partial charge in [0.25, 0.3) is 0 Å². The van der Waals surface area contributed by atoms with Crippen LogP contribution in [0.3, 0.4) is 0 Å². The van der Waals surface area contributed by atoms with Gasteiger partial charge in [-0.1, -0.05) is 13.8 Å². The van der Waals surface area contributed by atoms with Crippen LogP contribution in [-0.4, -0.2) is 4.98 Å². The van der Waals surface area contributed by atoms with E-state index in [0.717, 1.165) is 19.3 Å². The highest BCUT2D eigenvalue weighted by molar-refractivity contribution is 5.42.